The van der Waals surface area contributed by atoms with Crippen LogP contribution in [0.3, 0.4) is 0 Å². The molecule has 11 nitrogen and oxygen atoms in total. The number of hydrogen-bond donors (Lipinski definition) is 4. The van der Waals surface area contributed by atoms with E-state index in [0.29, 0.717) is 47.8 Å². The molecule has 1 aromatic carbocycles. The molecule has 3 atom stereocenters. The molecule has 0 radical (unpaired) electrons. The van der Waals surface area contributed by atoms with Gasteiger partial charge in [-0.3, -0.25) is 9.59 Å². The van der Waals surface area contributed by atoms with Gasteiger partial charge in [0.2, 0.25) is 5.91 Å². The highest BCUT2D eigenvalue weighted by Gasteiger charge is 2.54. The second-order valence-electron chi connectivity index (χ2n) is 13.8. The summed E-state index contributed by atoms with van der Waals surface area (Å²) in [5.74, 6) is -1.26. The van der Waals surface area contributed by atoms with Crippen molar-refractivity contribution in [3.05, 3.63) is 47.6 Å². The monoisotopic (exact) mass is 1010 g/mol. The molecule has 304 valence electrons. The van der Waals surface area contributed by atoms with Crippen molar-refractivity contribution in [1.82, 2.24) is 10.6 Å². The van der Waals surface area contributed by atoms with Crippen molar-refractivity contribution in [2.45, 2.75) is 140 Å². The third-order valence-electron chi connectivity index (χ3n) is 9.40. The van der Waals surface area contributed by atoms with E-state index < -0.39 is 23.9 Å². The van der Waals surface area contributed by atoms with E-state index >= 15 is 0 Å². The van der Waals surface area contributed by atoms with Gasteiger partial charge >= 0.3 is 5.79 Å². The second kappa shape index (κ2) is 25.6. The number of hydrogen-bond acceptors (Lipinski definition) is 9. The Hall–Kier alpha value is -1.65. The highest BCUT2D eigenvalue weighted by atomic mass is 79.9. The molecule has 0 saturated heterocycles. The molecule has 0 aliphatic carbocycles. The predicted molar refractivity (Wildman–Crippen MR) is 225 cm³/mol. The largest absolute Gasteiger partial charge is 0.495 e. The molecule has 0 fully saturated rings. The van der Waals surface area contributed by atoms with Crippen LogP contribution < -0.4 is 15.4 Å². The van der Waals surface area contributed by atoms with E-state index in [2.05, 4.69) is 86.4 Å². The number of amides is 2. The van der Waals surface area contributed by atoms with Crippen LogP contribution in [-0.2, 0) is 23.9 Å². The van der Waals surface area contributed by atoms with Gasteiger partial charge in [0.1, 0.15) is 17.8 Å². The van der Waals surface area contributed by atoms with Crippen molar-refractivity contribution in [2.75, 3.05) is 26.8 Å². The normalized spacial score (nSPS) is 18.7. The molecule has 2 heterocycles. The number of carbonyl (C=O) groups excluding carboxylic acids is 2. The Morgan fingerprint density at radius 3 is 2.06 bits per heavy atom. The standard InChI is InChI=1S/C39H57Br4N3O8/c1-3-4-5-6-7-8-9-10-11-12-13-14-15-16-17-19-33(48)45-25-32(47)27-22-28(40)36(29(41)23-27)52-21-18-20-44-38(50)34-37(49)39(54-46-34)24-30(42)35(51-2)31(43)26-53-39/h22-23,26,32,37,47,49H,3-21,24-25H2,1-2H3,(H,44,50)(H,45,48). The minimum Gasteiger partial charge on any atom is -0.495 e. The van der Waals surface area contributed by atoms with Crippen molar-refractivity contribution < 1.29 is 38.9 Å². The van der Waals surface area contributed by atoms with Crippen LogP contribution in [0.4, 0.5) is 0 Å². The summed E-state index contributed by atoms with van der Waals surface area (Å²) in [6.07, 6.45) is 19.2. The van der Waals surface area contributed by atoms with Crippen LogP contribution in [0, 0.1) is 0 Å². The first-order valence-corrected chi connectivity index (χ1v) is 22.5. The van der Waals surface area contributed by atoms with Crippen LogP contribution in [0.2, 0.25) is 0 Å². The number of halogens is 4. The number of benzene rings is 1. The first-order valence-electron chi connectivity index (χ1n) is 19.3. The average Bonchev–Trinajstić information content (AvgIpc) is 3.39. The summed E-state index contributed by atoms with van der Waals surface area (Å²) in [7, 11) is 1.50. The number of nitrogens with one attached hydrogen (secondary N) is 2. The van der Waals surface area contributed by atoms with Crippen LogP contribution in [0.5, 0.6) is 5.75 Å². The zero-order valence-electron chi connectivity index (χ0n) is 31.5. The Morgan fingerprint density at radius 2 is 1.48 bits per heavy atom. The molecule has 2 amide bonds. The summed E-state index contributed by atoms with van der Waals surface area (Å²) >= 11 is 13.8. The molecule has 3 rings (SSSR count). The summed E-state index contributed by atoms with van der Waals surface area (Å²) < 4.78 is 19.3. The van der Waals surface area contributed by atoms with Crippen LogP contribution >= 0.6 is 63.7 Å². The van der Waals surface area contributed by atoms with Crippen molar-refractivity contribution in [3.63, 3.8) is 0 Å². The molecule has 0 aromatic heterocycles. The summed E-state index contributed by atoms with van der Waals surface area (Å²) in [4.78, 5) is 30.7. The first-order chi connectivity index (χ1) is 26.0. The van der Waals surface area contributed by atoms with Gasteiger partial charge in [-0.15, -0.1) is 0 Å². The molecule has 2 aliphatic rings. The highest BCUT2D eigenvalue weighted by molar-refractivity contribution is 9.12. The maximum absolute atomic E-state index is 12.8. The third kappa shape index (κ3) is 15.4. The van der Waals surface area contributed by atoms with Gasteiger partial charge in [-0.1, -0.05) is 118 Å². The van der Waals surface area contributed by atoms with Crippen molar-refractivity contribution in [1.29, 1.82) is 0 Å². The molecule has 3 unspecified atom stereocenters. The molecule has 0 saturated carbocycles. The average molecular weight is 1020 g/mol. The lowest BCUT2D eigenvalue weighted by Gasteiger charge is -2.27. The number of ether oxygens (including phenoxy) is 3. The summed E-state index contributed by atoms with van der Waals surface area (Å²) in [5.41, 5.74) is 0.417. The van der Waals surface area contributed by atoms with Gasteiger partial charge < -0.3 is 39.9 Å². The smallest absolute Gasteiger partial charge is 0.311 e. The van der Waals surface area contributed by atoms with E-state index in [0.717, 1.165) is 19.3 Å². The fraction of sp³-hybridized carbons (Fsp3) is 0.667. The number of unbranched alkanes of at least 4 members (excludes halogenated alkanes) is 14. The fourth-order valence-corrected chi connectivity index (χ4v) is 9.20. The lowest BCUT2D eigenvalue weighted by atomic mass is 10.0. The van der Waals surface area contributed by atoms with Gasteiger partial charge in [-0.05, 0) is 78.3 Å². The number of nitrogens with zero attached hydrogens (tertiary/aromatic N) is 1. The second-order valence-corrected chi connectivity index (χ2v) is 17.3. The van der Waals surface area contributed by atoms with E-state index in [1.807, 2.05) is 0 Å². The topological polar surface area (TPSA) is 148 Å². The quantitative estimate of drug-likeness (QED) is 0.0671. The van der Waals surface area contributed by atoms with E-state index in [1.54, 1.807) is 12.1 Å². The molecule has 54 heavy (non-hydrogen) atoms. The molecular formula is C39H57Br4N3O8. The van der Waals surface area contributed by atoms with Gasteiger partial charge in [0.15, 0.2) is 11.8 Å². The Kier molecular flexibility index (Phi) is 22.1. The van der Waals surface area contributed by atoms with Gasteiger partial charge in [-0.25, -0.2) is 0 Å². The molecule has 1 aromatic rings. The maximum Gasteiger partial charge on any atom is 0.311 e. The Bertz CT molecular complexity index is 1420. The Labute approximate surface area is 354 Å². The third-order valence-corrected chi connectivity index (χ3v) is 11.8. The molecule has 4 N–H and O–H groups in total. The SMILES string of the molecule is CCCCCCCCCCCCCCCCCC(=O)NCC(O)c1cc(Br)c(OCCCNC(=O)C2=NOC3(CC(Br)=C(OC)C(Br)=CO3)C2O)c(Br)c1. The summed E-state index contributed by atoms with van der Waals surface area (Å²) in [6, 6.07) is 3.52. The van der Waals surface area contributed by atoms with Crippen LogP contribution in [0.1, 0.15) is 134 Å². The number of carbonyl (C=O) groups is 2. The Morgan fingerprint density at radius 1 is 0.907 bits per heavy atom. The lowest BCUT2D eigenvalue weighted by Crippen LogP contribution is -2.49. The van der Waals surface area contributed by atoms with Crippen molar-refractivity contribution in [3.8, 4) is 5.75 Å². The predicted octanol–water partition coefficient (Wildman–Crippen LogP) is 9.86. The van der Waals surface area contributed by atoms with Gasteiger partial charge in [0.25, 0.3) is 5.91 Å². The minimum absolute atomic E-state index is 0.0465. The van der Waals surface area contributed by atoms with Crippen LogP contribution in [0.15, 0.2) is 47.2 Å². The minimum atomic E-state index is -1.62. The Balaban J connectivity index is 1.26. The van der Waals surface area contributed by atoms with Crippen LogP contribution in [-0.4, -0.2) is 66.4 Å². The highest BCUT2D eigenvalue weighted by Crippen LogP contribution is 2.41. The zero-order valence-corrected chi connectivity index (χ0v) is 37.9. The van der Waals surface area contributed by atoms with E-state index in [1.165, 1.54) is 90.4 Å². The van der Waals surface area contributed by atoms with Gasteiger partial charge in [-0.2, -0.15) is 0 Å². The molecule has 2 aliphatic heterocycles. The molecule has 0 bridgehead atoms. The van der Waals surface area contributed by atoms with E-state index in [4.69, 9.17) is 19.0 Å². The summed E-state index contributed by atoms with van der Waals surface area (Å²) in [6.45, 7) is 2.89. The molecular weight excluding hydrogens is 958 g/mol. The zero-order chi connectivity index (χ0) is 39.3. The number of aliphatic hydroxyl groups excluding tert-OH is 2. The number of aliphatic hydroxyl groups is 2. The van der Waals surface area contributed by atoms with E-state index in [-0.39, 0.29) is 37.7 Å². The number of rotatable bonds is 26. The summed E-state index contributed by atoms with van der Waals surface area (Å²) in [5, 5.41) is 31.1. The fourth-order valence-electron chi connectivity index (χ4n) is 6.22. The van der Waals surface area contributed by atoms with Crippen molar-refractivity contribution >= 4 is 81.2 Å². The van der Waals surface area contributed by atoms with Crippen molar-refractivity contribution in [2.24, 2.45) is 5.16 Å². The molecule has 15 heteroatoms. The maximum atomic E-state index is 12.8. The van der Waals surface area contributed by atoms with Crippen LogP contribution in [0.25, 0.3) is 0 Å². The van der Waals surface area contributed by atoms with E-state index in [9.17, 15) is 19.8 Å². The number of allylic oxidation sites excluding steroid dienone is 1. The lowest BCUT2D eigenvalue weighted by molar-refractivity contribution is -0.225. The molecule has 1 spiro atoms. The van der Waals surface area contributed by atoms with Gasteiger partial charge in [0, 0.05) is 24.0 Å². The number of methoxy groups -OCH3 is 1. The van der Waals surface area contributed by atoms with Gasteiger partial charge in [0.05, 0.1) is 39.7 Å². The first kappa shape index (κ1) is 46.7. The number of oxime groups is 1.